The summed E-state index contributed by atoms with van der Waals surface area (Å²) < 4.78 is 13.7. The Labute approximate surface area is 110 Å². The van der Waals surface area contributed by atoms with E-state index in [4.69, 9.17) is 11.6 Å². The predicted molar refractivity (Wildman–Crippen MR) is 70.3 cm³/mol. The molecule has 0 saturated heterocycles. The summed E-state index contributed by atoms with van der Waals surface area (Å²) in [6.45, 7) is 5.51. The summed E-state index contributed by atoms with van der Waals surface area (Å²) in [5.74, 6) is 0.204. The van der Waals surface area contributed by atoms with E-state index >= 15 is 0 Å². The van der Waals surface area contributed by atoms with Crippen LogP contribution in [0.4, 0.5) is 4.39 Å². The molecule has 0 spiro atoms. The fourth-order valence-corrected chi connectivity index (χ4v) is 1.78. The molecule has 0 aliphatic heterocycles. The van der Waals surface area contributed by atoms with E-state index in [0.29, 0.717) is 16.9 Å². The molecule has 0 amide bonds. The van der Waals surface area contributed by atoms with E-state index in [2.05, 4.69) is 35.1 Å². The maximum atomic E-state index is 13.2. The third kappa shape index (κ3) is 4.04. The SMILES string of the molecule is CC(C)C(Cl)CNCc1cccc(F)c1Br. The second kappa shape index (κ2) is 6.58. The van der Waals surface area contributed by atoms with E-state index in [0.717, 1.165) is 12.1 Å². The number of hydrogen-bond acceptors (Lipinski definition) is 1. The van der Waals surface area contributed by atoms with Crippen LogP contribution in [0.15, 0.2) is 22.7 Å². The van der Waals surface area contributed by atoms with Crippen LogP contribution in [-0.2, 0) is 6.54 Å². The molecular formula is C12H16BrClFN. The van der Waals surface area contributed by atoms with Crippen molar-refractivity contribution in [1.82, 2.24) is 5.32 Å². The highest BCUT2D eigenvalue weighted by Gasteiger charge is 2.09. The lowest BCUT2D eigenvalue weighted by Crippen LogP contribution is -2.26. The van der Waals surface area contributed by atoms with Gasteiger partial charge in [-0.25, -0.2) is 4.39 Å². The van der Waals surface area contributed by atoms with Gasteiger partial charge in [-0.1, -0.05) is 26.0 Å². The Balaban J connectivity index is 2.46. The van der Waals surface area contributed by atoms with Crippen LogP contribution in [0.2, 0.25) is 0 Å². The van der Waals surface area contributed by atoms with Crippen molar-refractivity contribution in [2.45, 2.75) is 25.8 Å². The molecule has 1 unspecified atom stereocenters. The number of halogens is 3. The third-order valence-electron chi connectivity index (χ3n) is 2.41. The first-order valence-electron chi connectivity index (χ1n) is 5.30. The maximum absolute atomic E-state index is 13.2. The molecule has 4 heteroatoms. The van der Waals surface area contributed by atoms with Crippen molar-refractivity contribution in [1.29, 1.82) is 0 Å². The van der Waals surface area contributed by atoms with Gasteiger partial charge in [0.05, 0.1) is 4.47 Å². The fraction of sp³-hybridized carbons (Fsp3) is 0.500. The minimum Gasteiger partial charge on any atom is -0.311 e. The summed E-state index contributed by atoms with van der Waals surface area (Å²) in [6, 6.07) is 5.03. The maximum Gasteiger partial charge on any atom is 0.137 e. The van der Waals surface area contributed by atoms with Crippen molar-refractivity contribution >= 4 is 27.5 Å². The third-order valence-corrected chi connectivity index (χ3v) is 3.96. The first-order valence-corrected chi connectivity index (χ1v) is 6.53. The molecule has 1 atom stereocenters. The molecule has 1 aromatic carbocycles. The monoisotopic (exact) mass is 307 g/mol. The minimum absolute atomic E-state index is 0.104. The van der Waals surface area contributed by atoms with E-state index in [1.807, 2.05) is 6.07 Å². The quantitative estimate of drug-likeness (QED) is 0.812. The van der Waals surface area contributed by atoms with E-state index in [1.54, 1.807) is 6.07 Å². The number of rotatable bonds is 5. The van der Waals surface area contributed by atoms with Crippen molar-refractivity contribution in [2.24, 2.45) is 5.92 Å². The molecule has 16 heavy (non-hydrogen) atoms. The Morgan fingerprint density at radius 2 is 2.12 bits per heavy atom. The van der Waals surface area contributed by atoms with E-state index in [-0.39, 0.29) is 11.2 Å². The number of hydrogen-bond donors (Lipinski definition) is 1. The smallest absolute Gasteiger partial charge is 0.137 e. The Morgan fingerprint density at radius 1 is 1.44 bits per heavy atom. The second-order valence-electron chi connectivity index (χ2n) is 4.10. The second-order valence-corrected chi connectivity index (χ2v) is 5.46. The van der Waals surface area contributed by atoms with Gasteiger partial charge in [0, 0.05) is 18.5 Å². The summed E-state index contributed by atoms with van der Waals surface area (Å²) in [5, 5.41) is 3.33. The van der Waals surface area contributed by atoms with E-state index in [1.165, 1.54) is 6.07 Å². The topological polar surface area (TPSA) is 12.0 Å². The van der Waals surface area contributed by atoms with Crippen molar-refractivity contribution in [2.75, 3.05) is 6.54 Å². The lowest BCUT2D eigenvalue weighted by Gasteiger charge is -2.14. The lowest BCUT2D eigenvalue weighted by molar-refractivity contribution is 0.543. The molecular weight excluding hydrogens is 292 g/mol. The van der Waals surface area contributed by atoms with Crippen LogP contribution in [0.25, 0.3) is 0 Å². The Kier molecular flexibility index (Phi) is 5.73. The molecule has 0 bridgehead atoms. The van der Waals surface area contributed by atoms with Gasteiger partial charge in [-0.3, -0.25) is 0 Å². The van der Waals surface area contributed by atoms with Gasteiger partial charge in [0.1, 0.15) is 5.82 Å². The van der Waals surface area contributed by atoms with E-state index < -0.39 is 0 Å². The zero-order valence-corrected chi connectivity index (χ0v) is 11.8. The molecule has 1 aromatic rings. The molecule has 1 nitrogen and oxygen atoms in total. The van der Waals surface area contributed by atoms with Crippen molar-refractivity contribution in [3.63, 3.8) is 0 Å². The summed E-state index contributed by atoms with van der Waals surface area (Å²) in [5.41, 5.74) is 0.910. The molecule has 0 radical (unpaired) electrons. The van der Waals surface area contributed by atoms with Crippen LogP contribution >= 0.6 is 27.5 Å². The molecule has 1 N–H and O–H groups in total. The summed E-state index contributed by atoms with van der Waals surface area (Å²) in [4.78, 5) is 0. The van der Waals surface area contributed by atoms with Gasteiger partial charge in [-0.05, 0) is 33.5 Å². The molecule has 1 rings (SSSR count). The Hall–Kier alpha value is -0.120. The van der Waals surface area contributed by atoms with Gasteiger partial charge >= 0.3 is 0 Å². The minimum atomic E-state index is -0.231. The van der Waals surface area contributed by atoms with Gasteiger partial charge in [0.15, 0.2) is 0 Å². The first kappa shape index (κ1) is 13.9. The fourth-order valence-electron chi connectivity index (χ4n) is 1.27. The van der Waals surface area contributed by atoms with Gasteiger partial charge in [0.25, 0.3) is 0 Å². The van der Waals surface area contributed by atoms with Gasteiger partial charge in [0.2, 0.25) is 0 Å². The Morgan fingerprint density at radius 3 is 2.75 bits per heavy atom. The van der Waals surface area contributed by atoms with Crippen LogP contribution < -0.4 is 5.32 Å². The zero-order chi connectivity index (χ0) is 12.1. The van der Waals surface area contributed by atoms with Gasteiger partial charge in [-0.2, -0.15) is 0 Å². The van der Waals surface area contributed by atoms with Gasteiger partial charge in [-0.15, -0.1) is 11.6 Å². The first-order chi connectivity index (χ1) is 7.52. The number of nitrogens with one attached hydrogen (secondary N) is 1. The molecule has 90 valence electrons. The van der Waals surface area contributed by atoms with Crippen molar-refractivity contribution in [3.05, 3.63) is 34.1 Å². The largest absolute Gasteiger partial charge is 0.311 e. The molecule has 0 aliphatic rings. The highest BCUT2D eigenvalue weighted by Crippen LogP contribution is 2.20. The van der Waals surface area contributed by atoms with Crippen LogP contribution in [0.3, 0.4) is 0 Å². The standard InChI is InChI=1S/C12H16BrClFN/c1-8(2)10(14)7-16-6-9-4-3-5-11(15)12(9)13/h3-5,8,10,16H,6-7H2,1-2H3. The normalized spacial score (nSPS) is 13.1. The highest BCUT2D eigenvalue weighted by molar-refractivity contribution is 9.10. The van der Waals surface area contributed by atoms with Crippen LogP contribution in [0, 0.1) is 11.7 Å². The van der Waals surface area contributed by atoms with Crippen LogP contribution in [-0.4, -0.2) is 11.9 Å². The summed E-state index contributed by atoms with van der Waals surface area (Å²) in [6.07, 6.45) is 0. The van der Waals surface area contributed by atoms with Crippen LogP contribution in [0.5, 0.6) is 0 Å². The average Bonchev–Trinajstić information content (AvgIpc) is 2.24. The Bertz CT molecular complexity index is 344. The molecule has 0 fully saturated rings. The highest BCUT2D eigenvalue weighted by atomic mass is 79.9. The zero-order valence-electron chi connectivity index (χ0n) is 9.43. The molecule has 0 saturated carbocycles. The van der Waals surface area contributed by atoms with Crippen LogP contribution in [0.1, 0.15) is 19.4 Å². The van der Waals surface area contributed by atoms with Crippen molar-refractivity contribution < 1.29 is 4.39 Å². The molecule has 0 heterocycles. The van der Waals surface area contributed by atoms with Gasteiger partial charge < -0.3 is 5.32 Å². The summed E-state index contributed by atoms with van der Waals surface area (Å²) >= 11 is 9.33. The van der Waals surface area contributed by atoms with E-state index in [9.17, 15) is 4.39 Å². The average molecular weight is 309 g/mol. The molecule has 0 aromatic heterocycles. The summed E-state index contributed by atoms with van der Waals surface area (Å²) in [7, 11) is 0. The number of alkyl halides is 1. The van der Waals surface area contributed by atoms with Crippen molar-refractivity contribution in [3.8, 4) is 0 Å². The lowest BCUT2D eigenvalue weighted by atomic mass is 10.1. The predicted octanol–water partition coefficient (Wildman–Crippen LogP) is 3.94. The molecule has 0 aliphatic carbocycles. The number of benzene rings is 1.